The predicted octanol–water partition coefficient (Wildman–Crippen LogP) is 4.93. The van der Waals surface area contributed by atoms with E-state index in [0.717, 1.165) is 17.7 Å². The molecule has 0 bridgehead atoms. The second-order valence-corrected chi connectivity index (χ2v) is 7.36. The number of hydrogen-bond acceptors (Lipinski definition) is 4. The molecule has 29 heavy (non-hydrogen) atoms. The molecule has 2 aromatic rings. The van der Waals surface area contributed by atoms with Gasteiger partial charge in [-0.25, -0.2) is 0 Å². The second kappa shape index (κ2) is 8.16. The number of anilines is 1. The molecule has 0 radical (unpaired) electrons. The van der Waals surface area contributed by atoms with Gasteiger partial charge in [0.15, 0.2) is 0 Å². The molecule has 1 aliphatic heterocycles. The molecule has 4 nitrogen and oxygen atoms in total. The number of nitriles is 1. The van der Waals surface area contributed by atoms with E-state index >= 15 is 0 Å². The summed E-state index contributed by atoms with van der Waals surface area (Å²) in [5.74, 6) is 0.985. The Morgan fingerprint density at radius 3 is 2.45 bits per heavy atom. The third kappa shape index (κ3) is 4.89. The summed E-state index contributed by atoms with van der Waals surface area (Å²) in [7, 11) is 0. The van der Waals surface area contributed by atoms with Gasteiger partial charge in [0, 0.05) is 6.42 Å². The lowest BCUT2D eigenvalue weighted by molar-refractivity contribution is -0.137. The molecule has 7 heteroatoms. The average molecular weight is 402 g/mol. The Morgan fingerprint density at radius 1 is 1.24 bits per heavy atom. The lowest BCUT2D eigenvalue weighted by atomic mass is 9.96. The number of halogens is 3. The summed E-state index contributed by atoms with van der Waals surface area (Å²) in [4.78, 5) is 13.1. The predicted molar refractivity (Wildman–Crippen MR) is 103 cm³/mol. The summed E-state index contributed by atoms with van der Waals surface area (Å²) in [5.41, 5.74) is 0.715. The van der Waals surface area contributed by atoms with Crippen molar-refractivity contribution >= 4 is 11.5 Å². The quantitative estimate of drug-likeness (QED) is 0.688. The lowest BCUT2D eigenvalue weighted by Gasteiger charge is -2.41. The van der Waals surface area contributed by atoms with Gasteiger partial charge in [-0.1, -0.05) is 19.1 Å². The molecule has 0 spiro atoms. The van der Waals surface area contributed by atoms with Crippen LogP contribution in [-0.4, -0.2) is 25.0 Å². The zero-order valence-electron chi connectivity index (χ0n) is 16.2. The molecule has 1 heterocycles. The maximum Gasteiger partial charge on any atom is 0.416 e. The van der Waals surface area contributed by atoms with Crippen LogP contribution in [-0.2, 0) is 11.0 Å². The van der Waals surface area contributed by atoms with Gasteiger partial charge in [-0.05, 0) is 48.7 Å². The highest BCUT2D eigenvalue weighted by molar-refractivity contribution is 5.76. The minimum atomic E-state index is -4.47. The van der Waals surface area contributed by atoms with Crippen LogP contribution in [0.2, 0.25) is 0 Å². The Kier molecular flexibility index (Phi) is 5.83. The highest BCUT2D eigenvalue weighted by Crippen LogP contribution is 2.34. The number of ether oxygens (including phenoxy) is 1. The zero-order valence-corrected chi connectivity index (χ0v) is 16.2. The molecule has 2 aromatic carbocycles. The minimum absolute atomic E-state index is 0.00193. The molecule has 152 valence electrons. The number of nitrogens with zero attached hydrogens (tertiary/aromatic N) is 2. The molecule has 3 rings (SSSR count). The molecule has 1 atom stereocenters. The number of alkyl halides is 3. The van der Waals surface area contributed by atoms with E-state index in [1.807, 2.05) is 42.2 Å². The first-order valence-electron chi connectivity index (χ1n) is 9.29. The number of ketones is 1. The van der Waals surface area contributed by atoms with Crippen LogP contribution in [0.25, 0.3) is 0 Å². The van der Waals surface area contributed by atoms with E-state index in [0.29, 0.717) is 30.9 Å². The van der Waals surface area contributed by atoms with Crippen molar-refractivity contribution in [1.82, 2.24) is 0 Å². The largest absolute Gasteiger partial charge is 0.487 e. The summed E-state index contributed by atoms with van der Waals surface area (Å²) >= 11 is 0. The Balaban J connectivity index is 1.59. The van der Waals surface area contributed by atoms with Crippen molar-refractivity contribution in [3.63, 3.8) is 0 Å². The Hall–Kier alpha value is -3.01. The van der Waals surface area contributed by atoms with Crippen molar-refractivity contribution in [3.8, 4) is 11.8 Å². The lowest BCUT2D eigenvalue weighted by Crippen LogP contribution is -2.54. The molecule has 0 saturated carbocycles. The van der Waals surface area contributed by atoms with Gasteiger partial charge in [-0.3, -0.25) is 0 Å². The van der Waals surface area contributed by atoms with Crippen LogP contribution >= 0.6 is 0 Å². The van der Waals surface area contributed by atoms with Crippen molar-refractivity contribution in [1.29, 1.82) is 5.26 Å². The summed E-state index contributed by atoms with van der Waals surface area (Å²) < 4.78 is 44.4. The molecule has 0 aliphatic carbocycles. The van der Waals surface area contributed by atoms with Gasteiger partial charge in [0.1, 0.15) is 23.7 Å². The van der Waals surface area contributed by atoms with Crippen molar-refractivity contribution in [3.05, 3.63) is 59.2 Å². The summed E-state index contributed by atoms with van der Waals surface area (Å²) in [6.45, 7) is 4.55. The highest BCUT2D eigenvalue weighted by Gasteiger charge is 2.34. The standard InChI is InChI=1S/C22H21F3N2O2/c1-14(9-15(2)28)16-3-6-19(7-4-16)29-20-12-27(13-20)21-8-5-18(22(23,24)25)10-17(21)11-26/h3-8,10,14,20H,9,12-13H2,1-2H3/t14-/m1/s1. The fraction of sp³-hybridized carbons (Fsp3) is 0.364. The molecule has 1 fully saturated rings. The number of benzene rings is 2. The second-order valence-electron chi connectivity index (χ2n) is 7.36. The number of Topliss-reactive ketones (excluding diaryl/α,β-unsaturated/α-hetero) is 1. The monoisotopic (exact) mass is 402 g/mol. The third-order valence-corrected chi connectivity index (χ3v) is 4.98. The first kappa shape index (κ1) is 20.7. The SMILES string of the molecule is CC(=O)C[C@@H](C)c1ccc(OC2CN(c3ccc(C(F)(F)F)cc3C#N)C2)cc1. The van der Waals surface area contributed by atoms with E-state index in [9.17, 15) is 23.2 Å². The van der Waals surface area contributed by atoms with Gasteiger partial charge >= 0.3 is 6.18 Å². The molecule has 0 aromatic heterocycles. The van der Waals surface area contributed by atoms with Gasteiger partial charge in [0.2, 0.25) is 0 Å². The van der Waals surface area contributed by atoms with Crippen LogP contribution < -0.4 is 9.64 Å². The normalized spacial score (nSPS) is 15.4. The maximum absolute atomic E-state index is 12.8. The molecule has 0 unspecified atom stereocenters. The molecular weight excluding hydrogens is 381 g/mol. The fourth-order valence-electron chi connectivity index (χ4n) is 3.40. The van der Waals surface area contributed by atoms with Crippen molar-refractivity contribution in [2.24, 2.45) is 0 Å². The molecule has 0 amide bonds. The zero-order chi connectivity index (χ0) is 21.2. The first-order valence-corrected chi connectivity index (χ1v) is 9.29. The Morgan fingerprint density at radius 2 is 1.90 bits per heavy atom. The van der Waals surface area contributed by atoms with Crippen LogP contribution in [0.5, 0.6) is 5.75 Å². The summed E-state index contributed by atoms with van der Waals surface area (Å²) in [5, 5.41) is 9.21. The highest BCUT2D eigenvalue weighted by atomic mass is 19.4. The topological polar surface area (TPSA) is 53.3 Å². The van der Waals surface area contributed by atoms with E-state index in [1.165, 1.54) is 6.07 Å². The molecule has 1 saturated heterocycles. The van der Waals surface area contributed by atoms with Crippen LogP contribution in [0.15, 0.2) is 42.5 Å². The third-order valence-electron chi connectivity index (χ3n) is 4.98. The first-order chi connectivity index (χ1) is 13.7. The molecular formula is C22H21F3N2O2. The van der Waals surface area contributed by atoms with E-state index < -0.39 is 11.7 Å². The fourth-order valence-corrected chi connectivity index (χ4v) is 3.40. The Bertz CT molecular complexity index is 927. The minimum Gasteiger partial charge on any atom is -0.487 e. The number of carbonyl (C=O) groups excluding carboxylic acids is 1. The van der Waals surface area contributed by atoms with Gasteiger partial charge in [-0.15, -0.1) is 0 Å². The van der Waals surface area contributed by atoms with Gasteiger partial charge in [0.05, 0.1) is 29.9 Å². The van der Waals surface area contributed by atoms with Gasteiger partial charge in [0.25, 0.3) is 0 Å². The number of hydrogen-bond donors (Lipinski definition) is 0. The number of rotatable bonds is 6. The van der Waals surface area contributed by atoms with Gasteiger partial charge in [-0.2, -0.15) is 18.4 Å². The van der Waals surface area contributed by atoms with Crippen LogP contribution in [0.1, 0.15) is 42.9 Å². The van der Waals surface area contributed by atoms with E-state index in [-0.39, 0.29) is 23.4 Å². The van der Waals surface area contributed by atoms with Crippen LogP contribution in [0.3, 0.4) is 0 Å². The van der Waals surface area contributed by atoms with E-state index in [2.05, 4.69) is 0 Å². The van der Waals surface area contributed by atoms with Crippen molar-refractivity contribution in [2.45, 2.75) is 38.5 Å². The number of carbonyl (C=O) groups is 1. The van der Waals surface area contributed by atoms with E-state index in [1.54, 1.807) is 6.92 Å². The molecule has 0 N–H and O–H groups in total. The molecule has 1 aliphatic rings. The summed E-state index contributed by atoms with van der Waals surface area (Å²) in [6.07, 6.45) is -4.09. The Labute approximate surface area is 167 Å². The van der Waals surface area contributed by atoms with E-state index in [4.69, 9.17) is 4.74 Å². The van der Waals surface area contributed by atoms with Crippen LogP contribution in [0.4, 0.5) is 18.9 Å². The van der Waals surface area contributed by atoms with Gasteiger partial charge < -0.3 is 14.4 Å². The smallest absolute Gasteiger partial charge is 0.416 e. The maximum atomic E-state index is 12.8. The van der Waals surface area contributed by atoms with Crippen LogP contribution in [0, 0.1) is 11.3 Å². The average Bonchev–Trinajstić information content (AvgIpc) is 2.63. The summed E-state index contributed by atoms with van der Waals surface area (Å²) in [6, 6.07) is 12.6. The van der Waals surface area contributed by atoms with Crippen molar-refractivity contribution < 1.29 is 22.7 Å². The van der Waals surface area contributed by atoms with Crippen molar-refractivity contribution in [2.75, 3.05) is 18.0 Å².